The van der Waals surface area contributed by atoms with Crippen molar-refractivity contribution in [2.75, 3.05) is 0 Å². The Balaban J connectivity index is 1.09. The molecule has 0 saturated carbocycles. The van der Waals surface area contributed by atoms with E-state index in [9.17, 15) is 0 Å². The molecule has 0 radical (unpaired) electrons. The van der Waals surface area contributed by atoms with Crippen molar-refractivity contribution < 1.29 is 0 Å². The van der Waals surface area contributed by atoms with E-state index < -0.39 is 0 Å². The summed E-state index contributed by atoms with van der Waals surface area (Å²) < 4.78 is 9.62. The van der Waals surface area contributed by atoms with E-state index in [0.29, 0.717) is 0 Å². The van der Waals surface area contributed by atoms with E-state index in [4.69, 9.17) is 0 Å². The summed E-state index contributed by atoms with van der Waals surface area (Å²) in [6.07, 6.45) is 5.76. The van der Waals surface area contributed by atoms with Gasteiger partial charge in [-0.05, 0) is 84.9 Å². The number of para-hydroxylation sites is 5. The number of nitrogens with zero attached hydrogens (tertiary/aromatic N) is 4. The van der Waals surface area contributed by atoms with Gasteiger partial charge < -0.3 is 18.3 Å². The predicted octanol–water partition coefficient (Wildman–Crippen LogP) is 14.3. The minimum atomic E-state index is 1.00. The number of fused-ring (bicyclic) bond motifs is 6. The third-order valence-electron chi connectivity index (χ3n) is 12.1. The monoisotopic (exact) mass is 740 g/mol. The highest BCUT2D eigenvalue weighted by atomic mass is 15.0. The van der Waals surface area contributed by atoms with Crippen molar-refractivity contribution in [3.63, 3.8) is 0 Å². The molecule has 0 aliphatic carbocycles. The van der Waals surface area contributed by atoms with Gasteiger partial charge >= 0.3 is 0 Å². The average molecular weight is 741 g/mol. The Hall–Kier alpha value is -7.82. The normalized spacial score (nSPS) is 12.4. The summed E-state index contributed by atoms with van der Waals surface area (Å²) in [5.74, 6) is 0. The van der Waals surface area contributed by atoms with Gasteiger partial charge in [0.1, 0.15) is 0 Å². The van der Waals surface area contributed by atoms with Gasteiger partial charge in [0.2, 0.25) is 0 Å². The van der Waals surface area contributed by atoms with Crippen LogP contribution in [0.2, 0.25) is 0 Å². The smallest absolute Gasteiger partial charge is 0.0563 e. The molecule has 0 unspecified atom stereocenters. The van der Waals surface area contributed by atoms with Crippen molar-refractivity contribution in [1.82, 2.24) is 18.3 Å². The minimum Gasteiger partial charge on any atom is -0.309 e. The molecule has 0 aliphatic heterocycles. The first-order valence-electron chi connectivity index (χ1n) is 19.8. The first-order chi connectivity index (χ1) is 28.7. The Morgan fingerprint density at radius 3 is 1.36 bits per heavy atom. The third kappa shape index (κ3) is 4.34. The predicted molar refractivity (Wildman–Crippen MR) is 246 cm³/mol. The van der Waals surface area contributed by atoms with Crippen molar-refractivity contribution in [3.8, 4) is 28.2 Å². The topological polar surface area (TPSA) is 19.7 Å². The fraction of sp³-hybridized carbons (Fsp3) is 0. The highest BCUT2D eigenvalue weighted by Gasteiger charge is 2.25. The molecule has 272 valence electrons. The molecule has 12 aromatic rings. The molecule has 0 amide bonds. The Morgan fingerprint density at radius 2 is 0.810 bits per heavy atom. The SMILES string of the molecule is C=C/C=C(\C=C)n1c2cccc3c2c2c1cccc2n3-c1ccccc1-c1ccccc1-n1c2ccccc2c2cc(-n3c4ccccc4c4ccccc43)ccc21. The van der Waals surface area contributed by atoms with E-state index in [0.717, 1.165) is 44.9 Å². The lowest BCUT2D eigenvalue weighted by molar-refractivity contribution is 1.15. The van der Waals surface area contributed by atoms with Crippen LogP contribution in [0.5, 0.6) is 0 Å². The molecule has 4 heterocycles. The Labute approximate surface area is 334 Å². The second-order valence-corrected chi connectivity index (χ2v) is 15.0. The summed E-state index contributed by atoms with van der Waals surface area (Å²) in [5, 5.41) is 7.46. The van der Waals surface area contributed by atoms with Crippen LogP contribution in [-0.2, 0) is 0 Å². The molecule has 4 aromatic heterocycles. The van der Waals surface area contributed by atoms with E-state index in [1.165, 1.54) is 65.4 Å². The fourth-order valence-corrected chi connectivity index (χ4v) is 9.82. The van der Waals surface area contributed by atoms with Crippen LogP contribution in [0.25, 0.3) is 110 Å². The molecule has 8 aromatic carbocycles. The standard InChI is InChI=1S/C54H36N4/c1-3-17-35(4-2)55-49-28-15-30-51-53(49)54-50(55)29-16-31-52(54)58(51)46-26-13-8-21-40(46)39-20-7-12-25-45(39)57-47-27-14-9-22-41(47)42-34-36(32-33-48(42)57)56-43-23-10-5-18-37(43)38-19-6-11-24-44(38)56/h3-34H,1-2H2/b35-17+. The van der Waals surface area contributed by atoms with Crippen molar-refractivity contribution in [2.24, 2.45) is 0 Å². The fourth-order valence-electron chi connectivity index (χ4n) is 9.82. The highest BCUT2D eigenvalue weighted by Crippen LogP contribution is 2.45. The molecule has 0 N–H and O–H groups in total. The molecule has 0 atom stereocenters. The van der Waals surface area contributed by atoms with Gasteiger partial charge in [0.25, 0.3) is 0 Å². The maximum absolute atomic E-state index is 4.15. The number of hydrogen-bond donors (Lipinski definition) is 0. The van der Waals surface area contributed by atoms with Gasteiger partial charge in [-0.15, -0.1) is 0 Å². The molecule has 0 spiro atoms. The van der Waals surface area contributed by atoms with Crippen LogP contribution in [0, 0.1) is 0 Å². The first kappa shape index (κ1) is 32.4. The van der Waals surface area contributed by atoms with Crippen LogP contribution in [0.4, 0.5) is 0 Å². The van der Waals surface area contributed by atoms with Gasteiger partial charge in [0, 0.05) is 54.8 Å². The molecule has 0 bridgehead atoms. The number of aromatic nitrogens is 4. The molecule has 0 fully saturated rings. The van der Waals surface area contributed by atoms with Crippen molar-refractivity contribution in [3.05, 3.63) is 207 Å². The van der Waals surface area contributed by atoms with Gasteiger partial charge in [-0.3, -0.25) is 0 Å². The zero-order chi connectivity index (χ0) is 38.5. The van der Waals surface area contributed by atoms with Crippen molar-refractivity contribution in [1.29, 1.82) is 0 Å². The first-order valence-corrected chi connectivity index (χ1v) is 19.8. The van der Waals surface area contributed by atoms with Crippen LogP contribution in [0.3, 0.4) is 0 Å². The van der Waals surface area contributed by atoms with E-state index in [1.54, 1.807) is 0 Å². The van der Waals surface area contributed by atoms with Crippen LogP contribution in [-0.4, -0.2) is 18.3 Å². The molecule has 0 saturated heterocycles. The maximum Gasteiger partial charge on any atom is 0.0563 e. The zero-order valence-electron chi connectivity index (χ0n) is 31.7. The molecule has 12 rings (SSSR count). The van der Waals surface area contributed by atoms with Gasteiger partial charge in [-0.25, -0.2) is 0 Å². The van der Waals surface area contributed by atoms with Crippen LogP contribution in [0.1, 0.15) is 0 Å². The maximum atomic E-state index is 4.15. The van der Waals surface area contributed by atoms with E-state index >= 15 is 0 Å². The average Bonchev–Trinajstić information content (AvgIpc) is 4.01. The lowest BCUT2D eigenvalue weighted by Crippen LogP contribution is -2.02. The third-order valence-corrected chi connectivity index (χ3v) is 12.1. The van der Waals surface area contributed by atoms with Crippen molar-refractivity contribution in [2.45, 2.75) is 0 Å². The van der Waals surface area contributed by atoms with Crippen LogP contribution >= 0.6 is 0 Å². The summed E-state index contributed by atoms with van der Waals surface area (Å²) in [6, 6.07) is 64.2. The molecule has 0 aliphatic rings. The lowest BCUT2D eigenvalue weighted by Gasteiger charge is -2.19. The number of hydrogen-bond acceptors (Lipinski definition) is 0. The lowest BCUT2D eigenvalue weighted by atomic mass is 10.0. The van der Waals surface area contributed by atoms with Crippen LogP contribution < -0.4 is 0 Å². The minimum absolute atomic E-state index is 1.00. The Bertz CT molecular complexity index is 3550. The molecular weight excluding hydrogens is 705 g/mol. The molecule has 4 heteroatoms. The molecule has 4 nitrogen and oxygen atoms in total. The second-order valence-electron chi connectivity index (χ2n) is 15.0. The Morgan fingerprint density at radius 1 is 0.379 bits per heavy atom. The van der Waals surface area contributed by atoms with E-state index in [1.807, 2.05) is 18.2 Å². The Kier molecular flexibility index (Phi) is 6.90. The van der Waals surface area contributed by atoms with Crippen LogP contribution in [0.15, 0.2) is 207 Å². The second kappa shape index (κ2) is 12.3. The van der Waals surface area contributed by atoms with E-state index in [2.05, 4.69) is 207 Å². The molecular formula is C54H36N4. The van der Waals surface area contributed by atoms with Crippen molar-refractivity contribution >= 4 is 82.1 Å². The van der Waals surface area contributed by atoms with Gasteiger partial charge in [0.15, 0.2) is 0 Å². The van der Waals surface area contributed by atoms with E-state index in [-0.39, 0.29) is 0 Å². The largest absolute Gasteiger partial charge is 0.309 e. The summed E-state index contributed by atoms with van der Waals surface area (Å²) >= 11 is 0. The van der Waals surface area contributed by atoms with Gasteiger partial charge in [-0.1, -0.05) is 122 Å². The summed E-state index contributed by atoms with van der Waals surface area (Å²) in [5.41, 5.74) is 16.2. The zero-order valence-corrected chi connectivity index (χ0v) is 31.7. The quantitative estimate of drug-likeness (QED) is 0.145. The summed E-state index contributed by atoms with van der Waals surface area (Å²) in [7, 11) is 0. The molecule has 58 heavy (non-hydrogen) atoms. The number of benzene rings is 8. The number of allylic oxidation sites excluding steroid dienone is 4. The highest BCUT2D eigenvalue weighted by molar-refractivity contribution is 6.26. The van der Waals surface area contributed by atoms with Gasteiger partial charge in [0.05, 0.1) is 55.5 Å². The number of rotatable bonds is 7. The summed E-state index contributed by atoms with van der Waals surface area (Å²) in [4.78, 5) is 0. The van der Waals surface area contributed by atoms with Gasteiger partial charge in [-0.2, -0.15) is 0 Å². The summed E-state index contributed by atoms with van der Waals surface area (Å²) in [6.45, 7) is 8.13.